The van der Waals surface area contributed by atoms with Crippen LogP contribution in [0.5, 0.6) is 5.75 Å². The Morgan fingerprint density at radius 3 is 2.76 bits per heavy atom. The van der Waals surface area contributed by atoms with Crippen LogP contribution in [-0.2, 0) is 5.41 Å². The number of ether oxygens (including phenoxy) is 1. The Labute approximate surface area is 225 Å². The lowest BCUT2D eigenvalue weighted by Gasteiger charge is -2.24. The molecule has 1 aromatic heterocycles. The van der Waals surface area contributed by atoms with E-state index in [0.717, 1.165) is 35.4 Å². The zero-order valence-corrected chi connectivity index (χ0v) is 22.1. The van der Waals surface area contributed by atoms with Crippen molar-refractivity contribution in [3.8, 4) is 11.4 Å². The van der Waals surface area contributed by atoms with Crippen LogP contribution in [0.2, 0.25) is 0 Å². The fraction of sp³-hybridized carbons (Fsp3) is 0.276. The lowest BCUT2D eigenvalue weighted by Crippen LogP contribution is -2.28. The first-order valence-corrected chi connectivity index (χ1v) is 13.4. The number of piperidine rings is 1. The van der Waals surface area contributed by atoms with Crippen molar-refractivity contribution < 1.29 is 9.13 Å². The first kappa shape index (κ1) is 24.6. The van der Waals surface area contributed by atoms with Gasteiger partial charge in [0.1, 0.15) is 16.6 Å². The van der Waals surface area contributed by atoms with Gasteiger partial charge >= 0.3 is 0 Å². The third-order valence-corrected chi connectivity index (χ3v) is 8.70. The molecule has 9 heteroatoms. The smallest absolute Gasteiger partial charge is 0.149 e. The molecule has 3 aromatic carbocycles. The second kappa shape index (κ2) is 9.89. The summed E-state index contributed by atoms with van der Waals surface area (Å²) in [6.45, 7) is 4.56. The molecule has 1 saturated carbocycles. The molecule has 2 heterocycles. The highest BCUT2D eigenvalue weighted by atomic mass is 32.2. The average molecular weight is 529 g/mol. The molecule has 3 atom stereocenters. The number of fused-ring (bicyclic) bond motifs is 2. The highest BCUT2D eigenvalue weighted by molar-refractivity contribution is 8.13. The van der Waals surface area contributed by atoms with Crippen LogP contribution in [0.1, 0.15) is 11.1 Å². The zero-order chi connectivity index (χ0) is 26.3. The topological polar surface area (TPSA) is 78.5 Å². The average Bonchev–Trinajstić information content (AvgIpc) is 3.19. The summed E-state index contributed by atoms with van der Waals surface area (Å²) in [5.41, 5.74) is 7.10. The number of hydrogen-bond acceptors (Lipinski definition) is 7. The highest BCUT2D eigenvalue weighted by Crippen LogP contribution is 2.65. The van der Waals surface area contributed by atoms with E-state index in [2.05, 4.69) is 39.0 Å². The highest BCUT2D eigenvalue weighted by Gasteiger charge is 2.70. The first-order valence-electron chi connectivity index (χ1n) is 12.6. The van der Waals surface area contributed by atoms with Gasteiger partial charge in [-0.3, -0.25) is 0 Å². The summed E-state index contributed by atoms with van der Waals surface area (Å²) in [5, 5.41) is 18.3. The molecule has 0 amide bonds. The molecule has 194 valence electrons. The van der Waals surface area contributed by atoms with Gasteiger partial charge in [-0.25, -0.2) is 13.4 Å². The van der Waals surface area contributed by atoms with E-state index in [1.54, 1.807) is 19.2 Å². The molecular formula is C29H29FN6OS. The van der Waals surface area contributed by atoms with Gasteiger partial charge in [0.2, 0.25) is 0 Å². The molecule has 2 aliphatic rings. The normalized spacial score (nSPS) is 22.9. The van der Waals surface area contributed by atoms with Gasteiger partial charge in [-0.2, -0.15) is 10.2 Å². The van der Waals surface area contributed by atoms with E-state index in [1.165, 1.54) is 41.4 Å². The lowest BCUT2D eigenvalue weighted by molar-refractivity contribution is 0.265. The van der Waals surface area contributed by atoms with Gasteiger partial charge in [0.25, 0.3) is 0 Å². The quantitative estimate of drug-likeness (QED) is 0.143. The molecule has 1 aliphatic heterocycles. The predicted octanol–water partition coefficient (Wildman–Crippen LogP) is 5.18. The van der Waals surface area contributed by atoms with E-state index in [1.807, 2.05) is 41.2 Å². The number of rotatable bonds is 8. The van der Waals surface area contributed by atoms with Crippen LogP contribution in [0.15, 0.2) is 78.0 Å². The molecule has 38 heavy (non-hydrogen) atoms. The summed E-state index contributed by atoms with van der Waals surface area (Å²) in [5.74, 6) is 1.44. The Kier molecular flexibility index (Phi) is 6.41. The number of nitrogens with one attached hydrogen (secondary N) is 2. The van der Waals surface area contributed by atoms with E-state index in [4.69, 9.17) is 10.1 Å². The van der Waals surface area contributed by atoms with Gasteiger partial charge in [-0.1, -0.05) is 18.2 Å². The summed E-state index contributed by atoms with van der Waals surface area (Å²) in [6.07, 6.45) is 3.17. The van der Waals surface area contributed by atoms with Crippen molar-refractivity contribution in [2.24, 2.45) is 16.9 Å². The molecule has 0 spiro atoms. The van der Waals surface area contributed by atoms with Crippen LogP contribution >= 0.6 is 11.9 Å². The van der Waals surface area contributed by atoms with Crippen molar-refractivity contribution in [1.29, 1.82) is 5.41 Å². The van der Waals surface area contributed by atoms with Crippen molar-refractivity contribution in [2.75, 3.05) is 26.7 Å². The molecule has 3 unspecified atom stereocenters. The van der Waals surface area contributed by atoms with Crippen molar-refractivity contribution in [3.05, 3.63) is 89.9 Å². The van der Waals surface area contributed by atoms with E-state index in [0.29, 0.717) is 23.5 Å². The van der Waals surface area contributed by atoms with Gasteiger partial charge < -0.3 is 15.6 Å². The number of nitrogens with zero attached hydrogens (tertiary/aromatic N) is 4. The van der Waals surface area contributed by atoms with Crippen molar-refractivity contribution in [1.82, 2.24) is 19.5 Å². The molecule has 1 saturated heterocycles. The molecule has 2 N–H and O–H groups in total. The second-order valence-corrected chi connectivity index (χ2v) is 11.0. The maximum absolute atomic E-state index is 13.5. The van der Waals surface area contributed by atoms with E-state index < -0.39 is 0 Å². The molecule has 1 aliphatic carbocycles. The first-order chi connectivity index (χ1) is 18.5. The van der Waals surface area contributed by atoms with Crippen molar-refractivity contribution in [3.63, 3.8) is 0 Å². The summed E-state index contributed by atoms with van der Waals surface area (Å²) in [7, 11) is 1.74. The van der Waals surface area contributed by atoms with Gasteiger partial charge in [-0.15, -0.1) is 0 Å². The van der Waals surface area contributed by atoms with Crippen LogP contribution in [0.3, 0.4) is 0 Å². The third-order valence-electron chi connectivity index (χ3n) is 7.77. The van der Waals surface area contributed by atoms with Crippen LogP contribution in [0.25, 0.3) is 16.6 Å². The van der Waals surface area contributed by atoms with Crippen molar-refractivity contribution >= 4 is 34.1 Å². The molecule has 6 rings (SSSR count). The number of aromatic nitrogens is 2. The Morgan fingerprint density at radius 2 is 2.03 bits per heavy atom. The fourth-order valence-corrected chi connectivity index (χ4v) is 6.98. The Balaban J connectivity index is 1.33. The number of halogens is 1. The molecule has 7 nitrogen and oxygen atoms in total. The van der Waals surface area contributed by atoms with Gasteiger partial charge in [0, 0.05) is 36.9 Å². The molecule has 4 aromatic rings. The largest absolute Gasteiger partial charge is 0.493 e. The van der Waals surface area contributed by atoms with Gasteiger partial charge in [0.05, 0.1) is 30.2 Å². The van der Waals surface area contributed by atoms with Gasteiger partial charge in [-0.05, 0) is 84.4 Å². The van der Waals surface area contributed by atoms with E-state index in [-0.39, 0.29) is 11.2 Å². The van der Waals surface area contributed by atoms with Crippen molar-refractivity contribution in [2.45, 2.75) is 12.3 Å². The Hall–Kier alpha value is -3.69. The van der Waals surface area contributed by atoms with Crippen LogP contribution in [-0.4, -0.2) is 52.1 Å². The molecular weight excluding hydrogens is 499 g/mol. The monoisotopic (exact) mass is 528 g/mol. The second-order valence-electron chi connectivity index (χ2n) is 9.87. The third kappa shape index (κ3) is 4.25. The number of hydrazone groups is 1. The predicted molar refractivity (Wildman–Crippen MR) is 151 cm³/mol. The fourth-order valence-electron chi connectivity index (χ4n) is 6.02. The Morgan fingerprint density at radius 1 is 1.24 bits per heavy atom. The minimum absolute atomic E-state index is 0.0508. The standard InChI is InChI=1S/C29H29FN6OS/c1-19-12-27-20(15-33-36(27)22-10-8-21(30)9-11-22)13-24(19)29-18-35(38-28(14-31)34-32-2)16-25(29)26(29)17-37-23-6-4-3-5-7-23/h3-15,25-26,31-32H,16-18H2,1-2H3/b31-14?,34-28+. The SMILES string of the molecule is CN/N=C(\C=N)SN1CC2C(COc3ccccc3)C2(c2cc3cnn(-c4ccc(F)cc4)c3cc2C)C1. The summed E-state index contributed by atoms with van der Waals surface area (Å²) in [4.78, 5) is 0. The molecule has 0 bridgehead atoms. The summed E-state index contributed by atoms with van der Waals surface area (Å²) >= 11 is 1.52. The van der Waals surface area contributed by atoms with E-state index in [9.17, 15) is 4.39 Å². The molecule has 0 radical (unpaired) electrons. The number of aryl methyl sites for hydroxylation is 1. The maximum atomic E-state index is 13.5. The maximum Gasteiger partial charge on any atom is 0.149 e. The van der Waals surface area contributed by atoms with Crippen LogP contribution < -0.4 is 10.2 Å². The number of benzene rings is 3. The van der Waals surface area contributed by atoms with Gasteiger partial charge in [0.15, 0.2) is 0 Å². The Bertz CT molecular complexity index is 1510. The summed E-state index contributed by atoms with van der Waals surface area (Å²) in [6, 6.07) is 20.9. The number of hydrogen-bond donors (Lipinski definition) is 2. The van der Waals surface area contributed by atoms with Crippen LogP contribution in [0.4, 0.5) is 4.39 Å². The van der Waals surface area contributed by atoms with Crippen LogP contribution in [0, 0.1) is 30.0 Å². The zero-order valence-electron chi connectivity index (χ0n) is 21.3. The number of para-hydroxylation sites is 1. The lowest BCUT2D eigenvalue weighted by atomic mass is 9.88. The molecule has 2 fully saturated rings. The minimum atomic E-state index is -0.263. The summed E-state index contributed by atoms with van der Waals surface area (Å²) < 4.78 is 23.9. The minimum Gasteiger partial charge on any atom is -0.493 e. The van der Waals surface area contributed by atoms with E-state index >= 15 is 0 Å².